The fraction of sp³-hybridized carbons (Fsp3) is 0.500. The molecule has 0 saturated heterocycles. The van der Waals surface area contributed by atoms with Crippen LogP contribution in [-0.4, -0.2) is 35.7 Å². The van der Waals surface area contributed by atoms with Crippen LogP contribution in [0.5, 0.6) is 0 Å². The van der Waals surface area contributed by atoms with Crippen LogP contribution in [-0.2, 0) is 16.0 Å². The normalized spacial score (nSPS) is 10.2. The van der Waals surface area contributed by atoms with Gasteiger partial charge in [-0.05, 0) is 6.42 Å². The first-order valence-electron chi connectivity index (χ1n) is 5.10. The van der Waals surface area contributed by atoms with E-state index in [2.05, 4.69) is 15.0 Å². The maximum atomic E-state index is 11.2. The average molecular weight is 258 g/mol. The highest BCUT2D eigenvalue weighted by Crippen LogP contribution is 2.24. The number of hydrogen-bond donors (Lipinski definition) is 2. The summed E-state index contributed by atoms with van der Waals surface area (Å²) in [4.78, 5) is 26.5. The molecule has 0 atom stereocenters. The molecular weight excluding hydrogens is 244 g/mol. The number of aryl methyl sites for hydroxylation is 1. The molecule has 0 aliphatic carbocycles. The quantitative estimate of drug-likeness (QED) is 0.804. The van der Waals surface area contributed by atoms with Gasteiger partial charge < -0.3 is 9.84 Å². The molecule has 7 heteroatoms. The Morgan fingerprint density at radius 2 is 2.24 bits per heavy atom. The molecule has 6 nitrogen and oxygen atoms in total. The van der Waals surface area contributed by atoms with Crippen LogP contribution >= 0.6 is 11.3 Å². The highest BCUT2D eigenvalue weighted by atomic mass is 32.1. The van der Waals surface area contributed by atoms with E-state index in [0.29, 0.717) is 17.2 Å². The Labute approximate surface area is 103 Å². The van der Waals surface area contributed by atoms with Gasteiger partial charge >= 0.3 is 5.97 Å². The van der Waals surface area contributed by atoms with Crippen LogP contribution in [0, 0.1) is 0 Å². The van der Waals surface area contributed by atoms with Gasteiger partial charge in [0.2, 0.25) is 0 Å². The topological polar surface area (TPSA) is 88.5 Å². The molecule has 0 unspecified atom stereocenters. The summed E-state index contributed by atoms with van der Waals surface area (Å²) in [7, 11) is 1.41. The Morgan fingerprint density at radius 3 is 2.76 bits per heavy atom. The van der Waals surface area contributed by atoms with E-state index in [4.69, 9.17) is 5.11 Å². The summed E-state index contributed by atoms with van der Waals surface area (Å²) in [5.74, 6) is -1.36. The second-order valence-corrected chi connectivity index (χ2v) is 4.33. The molecule has 1 amide bonds. The number of anilines is 1. The standard InChI is InChI=1S/C10H14N2O4S/c1-3-4-6-8(9(14)15)17-10(11-6)12-7(13)5-16-2/h3-5H2,1-2H3,(H,14,15)(H,11,12,13). The first kappa shape index (κ1) is 13.6. The minimum Gasteiger partial charge on any atom is -0.477 e. The molecule has 2 N–H and O–H groups in total. The van der Waals surface area contributed by atoms with E-state index in [9.17, 15) is 9.59 Å². The molecule has 0 bridgehead atoms. The molecule has 94 valence electrons. The van der Waals surface area contributed by atoms with Crippen LogP contribution in [0.1, 0.15) is 28.7 Å². The maximum Gasteiger partial charge on any atom is 0.347 e. The number of aromatic nitrogens is 1. The maximum absolute atomic E-state index is 11.2. The number of nitrogens with one attached hydrogen (secondary N) is 1. The van der Waals surface area contributed by atoms with Gasteiger partial charge in [-0.3, -0.25) is 10.1 Å². The number of carbonyl (C=O) groups is 2. The molecule has 0 aliphatic heterocycles. The summed E-state index contributed by atoms with van der Waals surface area (Å²) in [5, 5.41) is 11.8. The summed E-state index contributed by atoms with van der Waals surface area (Å²) in [6, 6.07) is 0. The lowest BCUT2D eigenvalue weighted by Gasteiger charge is -1.98. The zero-order valence-corrected chi connectivity index (χ0v) is 10.5. The van der Waals surface area contributed by atoms with E-state index >= 15 is 0 Å². The molecule has 1 aromatic heterocycles. The van der Waals surface area contributed by atoms with Crippen LogP contribution in [0.15, 0.2) is 0 Å². The number of hydrogen-bond acceptors (Lipinski definition) is 5. The fourth-order valence-corrected chi connectivity index (χ4v) is 2.13. The molecule has 1 rings (SSSR count). The van der Waals surface area contributed by atoms with Crippen molar-refractivity contribution in [2.24, 2.45) is 0 Å². The number of amides is 1. The van der Waals surface area contributed by atoms with Crippen LogP contribution in [0.3, 0.4) is 0 Å². The van der Waals surface area contributed by atoms with Crippen molar-refractivity contribution in [1.82, 2.24) is 4.98 Å². The lowest BCUT2D eigenvalue weighted by atomic mass is 10.2. The molecule has 0 radical (unpaired) electrons. The Hall–Kier alpha value is -1.47. The monoisotopic (exact) mass is 258 g/mol. The minimum atomic E-state index is -1.02. The molecule has 0 aliphatic rings. The SMILES string of the molecule is CCCc1nc(NC(=O)COC)sc1C(=O)O. The van der Waals surface area contributed by atoms with Crippen molar-refractivity contribution < 1.29 is 19.4 Å². The molecule has 17 heavy (non-hydrogen) atoms. The fourth-order valence-electron chi connectivity index (χ4n) is 1.26. The average Bonchev–Trinajstić information content (AvgIpc) is 2.62. The van der Waals surface area contributed by atoms with Crippen molar-refractivity contribution in [2.75, 3.05) is 19.0 Å². The van der Waals surface area contributed by atoms with Crippen LogP contribution in [0.25, 0.3) is 0 Å². The van der Waals surface area contributed by atoms with Crippen LogP contribution in [0.2, 0.25) is 0 Å². The summed E-state index contributed by atoms with van der Waals surface area (Å²) < 4.78 is 4.66. The van der Waals surface area contributed by atoms with Gasteiger partial charge in [-0.15, -0.1) is 0 Å². The van der Waals surface area contributed by atoms with Crippen molar-refractivity contribution in [3.05, 3.63) is 10.6 Å². The van der Waals surface area contributed by atoms with Crippen molar-refractivity contribution in [2.45, 2.75) is 19.8 Å². The zero-order chi connectivity index (χ0) is 12.8. The van der Waals surface area contributed by atoms with Crippen LogP contribution < -0.4 is 5.32 Å². The van der Waals surface area contributed by atoms with E-state index in [1.54, 1.807) is 0 Å². The lowest BCUT2D eigenvalue weighted by molar-refractivity contribution is -0.119. The number of carboxylic acids is 1. The molecule has 0 fully saturated rings. The Kier molecular flexibility index (Phi) is 5.05. The van der Waals surface area contributed by atoms with Gasteiger partial charge in [-0.25, -0.2) is 9.78 Å². The van der Waals surface area contributed by atoms with Gasteiger partial charge in [-0.1, -0.05) is 24.7 Å². The summed E-state index contributed by atoms with van der Waals surface area (Å²) in [6.45, 7) is 1.86. The summed E-state index contributed by atoms with van der Waals surface area (Å²) >= 11 is 0.964. The summed E-state index contributed by atoms with van der Waals surface area (Å²) in [6.07, 6.45) is 1.38. The van der Waals surface area contributed by atoms with Crippen molar-refractivity contribution in [3.63, 3.8) is 0 Å². The van der Waals surface area contributed by atoms with Crippen molar-refractivity contribution >= 4 is 28.3 Å². The van der Waals surface area contributed by atoms with E-state index in [1.165, 1.54) is 7.11 Å². The van der Waals surface area contributed by atoms with Gasteiger partial charge in [0.05, 0.1) is 5.69 Å². The number of methoxy groups -OCH3 is 1. The first-order chi connectivity index (χ1) is 8.08. The third-order valence-corrected chi connectivity index (χ3v) is 2.90. The second-order valence-electron chi connectivity index (χ2n) is 3.33. The number of ether oxygens (including phenoxy) is 1. The third-order valence-electron chi connectivity index (χ3n) is 1.90. The number of carboxylic acid groups (broad SMARTS) is 1. The highest BCUT2D eigenvalue weighted by molar-refractivity contribution is 7.17. The van der Waals surface area contributed by atoms with Crippen molar-refractivity contribution in [3.8, 4) is 0 Å². The van der Waals surface area contributed by atoms with Gasteiger partial charge in [0, 0.05) is 7.11 Å². The molecule has 0 spiro atoms. The lowest BCUT2D eigenvalue weighted by Crippen LogP contribution is -2.16. The van der Waals surface area contributed by atoms with Crippen LogP contribution in [0.4, 0.5) is 5.13 Å². The molecule has 1 heterocycles. The minimum absolute atomic E-state index is 0.0783. The largest absolute Gasteiger partial charge is 0.477 e. The van der Waals surface area contributed by atoms with Gasteiger partial charge in [0.15, 0.2) is 5.13 Å². The Morgan fingerprint density at radius 1 is 1.53 bits per heavy atom. The summed E-state index contributed by atoms with van der Waals surface area (Å²) in [5.41, 5.74) is 0.512. The highest BCUT2D eigenvalue weighted by Gasteiger charge is 2.17. The number of aromatic carboxylic acids is 1. The zero-order valence-electron chi connectivity index (χ0n) is 9.65. The number of thiazole rings is 1. The second kappa shape index (κ2) is 6.31. The van der Waals surface area contributed by atoms with Gasteiger partial charge in [0.1, 0.15) is 11.5 Å². The number of nitrogens with zero attached hydrogens (tertiary/aromatic N) is 1. The number of carbonyl (C=O) groups excluding carboxylic acids is 1. The molecular formula is C10H14N2O4S. The predicted octanol–water partition coefficient (Wildman–Crippen LogP) is 1.38. The van der Waals surface area contributed by atoms with Crippen molar-refractivity contribution in [1.29, 1.82) is 0 Å². The Balaban J connectivity index is 2.84. The number of rotatable bonds is 6. The Bertz CT molecular complexity index is 416. The molecule has 1 aromatic rings. The third kappa shape index (κ3) is 3.79. The van der Waals surface area contributed by atoms with Gasteiger partial charge in [-0.2, -0.15) is 0 Å². The van der Waals surface area contributed by atoms with E-state index in [1.807, 2.05) is 6.92 Å². The van der Waals surface area contributed by atoms with Gasteiger partial charge in [0.25, 0.3) is 5.91 Å². The van der Waals surface area contributed by atoms with E-state index in [0.717, 1.165) is 17.8 Å². The predicted molar refractivity (Wildman–Crippen MR) is 63.6 cm³/mol. The first-order valence-corrected chi connectivity index (χ1v) is 5.91. The molecule has 0 aromatic carbocycles. The van der Waals surface area contributed by atoms with E-state index < -0.39 is 5.97 Å². The molecule has 0 saturated carbocycles. The van der Waals surface area contributed by atoms with E-state index in [-0.39, 0.29) is 17.4 Å². The smallest absolute Gasteiger partial charge is 0.347 e.